The van der Waals surface area contributed by atoms with Crippen LogP contribution in [0.25, 0.3) is 0 Å². The fourth-order valence-electron chi connectivity index (χ4n) is 2.56. The average Bonchev–Trinajstić information content (AvgIpc) is 2.76. The van der Waals surface area contributed by atoms with E-state index in [2.05, 4.69) is 54.0 Å². The molecular weight excluding hydrogens is 300 g/mol. The lowest BCUT2D eigenvalue weighted by Crippen LogP contribution is -1.97. The molecule has 0 N–H and O–H groups in total. The minimum atomic E-state index is 0.209. The van der Waals surface area contributed by atoms with Crippen LogP contribution in [0, 0.1) is 13.8 Å². The lowest BCUT2D eigenvalue weighted by molar-refractivity contribution is 0.502. The van der Waals surface area contributed by atoms with Crippen LogP contribution in [0.1, 0.15) is 52.4 Å². The van der Waals surface area contributed by atoms with Gasteiger partial charge in [-0.2, -0.15) is 0 Å². The Labute approximate surface area is 124 Å². The van der Waals surface area contributed by atoms with E-state index in [1.807, 2.05) is 13.8 Å². The lowest BCUT2D eigenvalue weighted by Gasteiger charge is -2.13. The van der Waals surface area contributed by atoms with Gasteiger partial charge < -0.3 is 4.42 Å². The van der Waals surface area contributed by atoms with Crippen LogP contribution in [0.3, 0.4) is 0 Å². The molecule has 1 unspecified atom stereocenters. The van der Waals surface area contributed by atoms with Gasteiger partial charge in [0.05, 0.1) is 4.83 Å². The van der Waals surface area contributed by atoms with E-state index < -0.39 is 0 Å². The summed E-state index contributed by atoms with van der Waals surface area (Å²) in [5, 5.41) is 0. The first-order valence-corrected chi connectivity index (χ1v) is 7.81. The van der Waals surface area contributed by atoms with Gasteiger partial charge in [-0.05, 0) is 49.4 Å². The molecule has 1 aromatic heterocycles. The zero-order valence-electron chi connectivity index (χ0n) is 12.1. The van der Waals surface area contributed by atoms with Crippen molar-refractivity contribution in [3.8, 4) is 0 Å². The molecule has 2 rings (SSSR count). The highest BCUT2D eigenvalue weighted by atomic mass is 79.9. The highest BCUT2D eigenvalue weighted by Gasteiger charge is 2.17. The molecule has 0 spiro atoms. The summed E-state index contributed by atoms with van der Waals surface area (Å²) in [4.78, 5) is 0.209. The monoisotopic (exact) mass is 320 g/mol. The predicted octanol–water partition coefficient (Wildman–Crippen LogP) is 5.51. The van der Waals surface area contributed by atoms with Crippen LogP contribution in [0.15, 0.2) is 28.7 Å². The number of alkyl halides is 1. The molecule has 2 aromatic rings. The Morgan fingerprint density at radius 1 is 1.05 bits per heavy atom. The van der Waals surface area contributed by atoms with Crippen molar-refractivity contribution in [2.45, 2.75) is 45.4 Å². The molecule has 0 saturated carbocycles. The zero-order valence-corrected chi connectivity index (χ0v) is 13.7. The summed E-state index contributed by atoms with van der Waals surface area (Å²) in [5.74, 6) is 1.97. The Bertz CT molecular complexity index is 569. The van der Waals surface area contributed by atoms with E-state index in [-0.39, 0.29) is 4.83 Å². The largest absolute Gasteiger partial charge is 0.466 e. The van der Waals surface area contributed by atoms with Gasteiger partial charge in [0.15, 0.2) is 0 Å². The lowest BCUT2D eigenvalue weighted by atomic mass is 9.97. The van der Waals surface area contributed by atoms with E-state index in [0.717, 1.165) is 24.4 Å². The van der Waals surface area contributed by atoms with Crippen molar-refractivity contribution in [1.29, 1.82) is 0 Å². The van der Waals surface area contributed by atoms with Crippen molar-refractivity contribution in [2.75, 3.05) is 0 Å². The van der Waals surface area contributed by atoms with Crippen molar-refractivity contribution in [2.24, 2.45) is 0 Å². The molecule has 2 heteroatoms. The van der Waals surface area contributed by atoms with Crippen LogP contribution < -0.4 is 0 Å². The maximum Gasteiger partial charge on any atom is 0.105 e. The first-order chi connectivity index (χ1) is 9.06. The van der Waals surface area contributed by atoms with Gasteiger partial charge in [-0.25, -0.2) is 0 Å². The third-order valence-electron chi connectivity index (χ3n) is 3.64. The number of hydrogen-bond acceptors (Lipinski definition) is 1. The number of aryl methyl sites for hydroxylation is 4. The van der Waals surface area contributed by atoms with E-state index in [1.54, 1.807) is 0 Å². The minimum absolute atomic E-state index is 0.209. The Balaban J connectivity index is 2.39. The van der Waals surface area contributed by atoms with Gasteiger partial charge in [0.1, 0.15) is 11.5 Å². The summed E-state index contributed by atoms with van der Waals surface area (Å²) in [5.41, 5.74) is 5.43. The van der Waals surface area contributed by atoms with Crippen LogP contribution in [-0.2, 0) is 12.8 Å². The summed E-state index contributed by atoms with van der Waals surface area (Å²) in [6.07, 6.45) is 2.18. The van der Waals surface area contributed by atoms with Gasteiger partial charge in [0, 0.05) is 5.56 Å². The molecule has 1 nitrogen and oxygen atoms in total. The molecule has 19 heavy (non-hydrogen) atoms. The second kappa shape index (κ2) is 5.96. The average molecular weight is 321 g/mol. The molecular formula is C17H21BrO. The molecule has 102 valence electrons. The van der Waals surface area contributed by atoms with E-state index >= 15 is 0 Å². The maximum atomic E-state index is 5.63. The van der Waals surface area contributed by atoms with E-state index in [0.29, 0.717) is 0 Å². The molecule has 0 fully saturated rings. The van der Waals surface area contributed by atoms with Gasteiger partial charge in [-0.1, -0.05) is 48.0 Å². The molecule has 1 heterocycles. The van der Waals surface area contributed by atoms with Gasteiger partial charge in [0.25, 0.3) is 0 Å². The van der Waals surface area contributed by atoms with Crippen LogP contribution in [-0.4, -0.2) is 0 Å². The van der Waals surface area contributed by atoms with Crippen molar-refractivity contribution in [3.63, 3.8) is 0 Å². The number of furan rings is 1. The Morgan fingerprint density at radius 2 is 1.74 bits per heavy atom. The molecule has 1 aromatic carbocycles. The smallest absolute Gasteiger partial charge is 0.105 e. The van der Waals surface area contributed by atoms with Crippen LogP contribution in [0.5, 0.6) is 0 Å². The molecule has 0 amide bonds. The third-order valence-corrected chi connectivity index (χ3v) is 4.66. The number of hydrogen-bond donors (Lipinski definition) is 0. The molecule has 0 aliphatic carbocycles. The third kappa shape index (κ3) is 2.94. The second-order valence-corrected chi connectivity index (χ2v) is 5.88. The standard InChI is InChI=1S/C17H21BrO/c1-5-13-7-8-15(10-14(13)6-2)17(18)16-9-11(3)19-12(16)4/h7-10,17H,5-6H2,1-4H3. The van der Waals surface area contributed by atoms with Crippen LogP contribution in [0.2, 0.25) is 0 Å². The highest BCUT2D eigenvalue weighted by molar-refractivity contribution is 9.09. The highest BCUT2D eigenvalue weighted by Crippen LogP contribution is 2.35. The van der Waals surface area contributed by atoms with Crippen LogP contribution in [0.4, 0.5) is 0 Å². The van der Waals surface area contributed by atoms with Gasteiger partial charge in [0.2, 0.25) is 0 Å². The van der Waals surface area contributed by atoms with Gasteiger partial charge in [-0.15, -0.1) is 0 Å². The summed E-state index contributed by atoms with van der Waals surface area (Å²) < 4.78 is 5.63. The molecule has 0 saturated heterocycles. The Kier molecular flexibility index (Phi) is 4.51. The molecule has 0 aliphatic rings. The number of halogens is 1. The fourth-order valence-corrected chi connectivity index (χ4v) is 3.30. The SMILES string of the molecule is CCc1ccc(C(Br)c2cc(C)oc2C)cc1CC. The van der Waals surface area contributed by atoms with Gasteiger partial charge >= 0.3 is 0 Å². The summed E-state index contributed by atoms with van der Waals surface area (Å²) in [6, 6.07) is 8.91. The van der Waals surface area contributed by atoms with E-state index in [4.69, 9.17) is 4.42 Å². The zero-order chi connectivity index (χ0) is 14.0. The first kappa shape index (κ1) is 14.4. The number of rotatable bonds is 4. The topological polar surface area (TPSA) is 13.1 Å². The summed E-state index contributed by atoms with van der Waals surface area (Å²) in [6.45, 7) is 8.45. The quantitative estimate of drug-likeness (QED) is 0.677. The van der Waals surface area contributed by atoms with E-state index in [1.165, 1.54) is 22.3 Å². The Morgan fingerprint density at radius 3 is 2.26 bits per heavy atom. The Hall–Kier alpha value is -1.02. The summed E-state index contributed by atoms with van der Waals surface area (Å²) in [7, 11) is 0. The van der Waals surface area contributed by atoms with Crippen molar-refractivity contribution in [1.82, 2.24) is 0 Å². The molecule has 0 bridgehead atoms. The second-order valence-electron chi connectivity index (χ2n) is 4.97. The van der Waals surface area contributed by atoms with Crippen LogP contribution >= 0.6 is 15.9 Å². The van der Waals surface area contributed by atoms with Crippen molar-refractivity contribution < 1.29 is 4.42 Å². The van der Waals surface area contributed by atoms with Gasteiger partial charge in [-0.3, -0.25) is 0 Å². The first-order valence-electron chi connectivity index (χ1n) is 6.89. The fraction of sp³-hybridized carbons (Fsp3) is 0.412. The molecule has 0 radical (unpaired) electrons. The maximum absolute atomic E-state index is 5.63. The minimum Gasteiger partial charge on any atom is -0.466 e. The van der Waals surface area contributed by atoms with Crippen molar-refractivity contribution >= 4 is 15.9 Å². The van der Waals surface area contributed by atoms with Crippen molar-refractivity contribution in [3.05, 3.63) is 58.0 Å². The number of benzene rings is 1. The molecule has 1 atom stereocenters. The summed E-state index contributed by atoms with van der Waals surface area (Å²) >= 11 is 3.81. The molecule has 0 aliphatic heterocycles. The predicted molar refractivity (Wildman–Crippen MR) is 84.2 cm³/mol. The van der Waals surface area contributed by atoms with E-state index in [9.17, 15) is 0 Å². The normalized spacial score (nSPS) is 12.7.